The minimum Gasteiger partial charge on any atom is -0.481 e. The fourth-order valence-electron chi connectivity index (χ4n) is 0.497. The van der Waals surface area contributed by atoms with Crippen molar-refractivity contribution in [3.05, 3.63) is 22.8 Å². The van der Waals surface area contributed by atoms with Crippen LogP contribution >= 0.6 is 15.9 Å². The van der Waals surface area contributed by atoms with Crippen molar-refractivity contribution in [3.8, 4) is 5.88 Å². The molecule has 1 rings (SSSR count). The van der Waals surface area contributed by atoms with Gasteiger partial charge in [-0.1, -0.05) is 29.8 Å². The van der Waals surface area contributed by atoms with Crippen LogP contribution in [0, 0.1) is 0 Å². The van der Waals surface area contributed by atoms with Crippen molar-refractivity contribution in [1.29, 1.82) is 0 Å². The van der Waals surface area contributed by atoms with Crippen molar-refractivity contribution in [3.63, 3.8) is 0 Å². The number of ether oxygens (including phenoxy) is 1. The molecule has 62 valence electrons. The lowest BCUT2D eigenvalue weighted by Crippen LogP contribution is -1.84. The molecule has 0 spiro atoms. The Balaban J connectivity index is 0.000000461. The molecule has 0 unspecified atom stereocenters. The molecule has 0 aromatic carbocycles. The summed E-state index contributed by atoms with van der Waals surface area (Å²) in [6.45, 7) is 4.00. The van der Waals surface area contributed by atoms with Crippen LogP contribution in [0.2, 0.25) is 0 Å². The topological polar surface area (TPSA) is 22.1 Å². The van der Waals surface area contributed by atoms with Gasteiger partial charge in [0.1, 0.15) is 0 Å². The summed E-state index contributed by atoms with van der Waals surface area (Å²) in [7, 11) is 1.59. The van der Waals surface area contributed by atoms with Crippen molar-refractivity contribution >= 4 is 15.9 Å². The lowest BCUT2D eigenvalue weighted by Gasteiger charge is -1.95. The normalized spacial score (nSPS) is 8.00. The van der Waals surface area contributed by atoms with E-state index < -0.39 is 0 Å². The maximum Gasteiger partial charge on any atom is 0.214 e. The molecule has 11 heavy (non-hydrogen) atoms. The van der Waals surface area contributed by atoms with E-state index in [1.54, 1.807) is 19.4 Å². The number of rotatable bonds is 1. The second-order valence-electron chi connectivity index (χ2n) is 1.52. The van der Waals surface area contributed by atoms with Gasteiger partial charge < -0.3 is 4.74 Å². The Morgan fingerprint density at radius 3 is 2.45 bits per heavy atom. The minimum absolute atomic E-state index is 0.629. The molecule has 1 aromatic heterocycles. The van der Waals surface area contributed by atoms with E-state index in [9.17, 15) is 0 Å². The molecule has 0 saturated carbocycles. The first-order valence-electron chi connectivity index (χ1n) is 3.48. The highest BCUT2D eigenvalue weighted by atomic mass is 79.9. The summed E-state index contributed by atoms with van der Waals surface area (Å²) in [5.74, 6) is 0.629. The Bertz CT molecular complexity index is 203. The Morgan fingerprint density at radius 1 is 1.45 bits per heavy atom. The lowest BCUT2D eigenvalue weighted by atomic mass is 10.5. The standard InChI is InChI=1S/C6H6BrNO.C2H6/c1-9-6-4-5(7)2-3-8-6;1-2/h2-4H,1H3;1-2H3. The van der Waals surface area contributed by atoms with Crippen LogP contribution in [0.5, 0.6) is 5.88 Å². The molecular weight excluding hydrogens is 206 g/mol. The van der Waals surface area contributed by atoms with E-state index in [2.05, 4.69) is 20.9 Å². The molecular formula is C8H12BrNO. The fraction of sp³-hybridized carbons (Fsp3) is 0.375. The van der Waals surface area contributed by atoms with Gasteiger partial charge in [-0.25, -0.2) is 4.98 Å². The molecule has 0 bridgehead atoms. The molecule has 0 aliphatic heterocycles. The molecule has 0 atom stereocenters. The van der Waals surface area contributed by atoms with E-state index >= 15 is 0 Å². The van der Waals surface area contributed by atoms with E-state index in [0.717, 1.165) is 4.47 Å². The predicted molar refractivity (Wildman–Crippen MR) is 49.8 cm³/mol. The summed E-state index contributed by atoms with van der Waals surface area (Å²) >= 11 is 3.28. The van der Waals surface area contributed by atoms with Gasteiger partial charge in [0.15, 0.2) is 0 Å². The van der Waals surface area contributed by atoms with Gasteiger partial charge in [-0.2, -0.15) is 0 Å². The maximum atomic E-state index is 4.85. The lowest BCUT2D eigenvalue weighted by molar-refractivity contribution is 0.397. The quantitative estimate of drug-likeness (QED) is 0.722. The zero-order valence-electron chi connectivity index (χ0n) is 6.97. The number of methoxy groups -OCH3 is 1. The van der Waals surface area contributed by atoms with Crippen molar-refractivity contribution in [2.45, 2.75) is 13.8 Å². The van der Waals surface area contributed by atoms with Crippen molar-refractivity contribution < 1.29 is 4.74 Å². The number of pyridine rings is 1. The molecule has 0 radical (unpaired) electrons. The molecule has 0 fully saturated rings. The Labute approximate surface area is 75.7 Å². The summed E-state index contributed by atoms with van der Waals surface area (Å²) in [5.41, 5.74) is 0. The SMILES string of the molecule is CC.COc1cc(Br)ccn1. The van der Waals surface area contributed by atoms with Gasteiger partial charge in [-0.3, -0.25) is 0 Å². The van der Waals surface area contributed by atoms with Crippen LogP contribution in [-0.4, -0.2) is 12.1 Å². The van der Waals surface area contributed by atoms with E-state index in [0.29, 0.717) is 5.88 Å². The van der Waals surface area contributed by atoms with Crippen molar-refractivity contribution in [2.75, 3.05) is 7.11 Å². The van der Waals surface area contributed by atoms with E-state index in [4.69, 9.17) is 4.74 Å². The maximum absolute atomic E-state index is 4.85. The molecule has 0 aliphatic carbocycles. The van der Waals surface area contributed by atoms with E-state index in [-0.39, 0.29) is 0 Å². The van der Waals surface area contributed by atoms with Crippen LogP contribution in [0.1, 0.15) is 13.8 Å². The fourth-order valence-corrected chi connectivity index (χ4v) is 0.811. The van der Waals surface area contributed by atoms with Crippen LogP contribution in [-0.2, 0) is 0 Å². The van der Waals surface area contributed by atoms with Gasteiger partial charge in [-0.05, 0) is 6.07 Å². The Kier molecular flexibility index (Phi) is 5.84. The number of hydrogen-bond acceptors (Lipinski definition) is 2. The van der Waals surface area contributed by atoms with Crippen LogP contribution in [0.3, 0.4) is 0 Å². The smallest absolute Gasteiger partial charge is 0.214 e. The molecule has 0 aliphatic rings. The Morgan fingerprint density at radius 2 is 2.09 bits per heavy atom. The largest absolute Gasteiger partial charge is 0.481 e. The molecule has 3 heteroatoms. The van der Waals surface area contributed by atoms with E-state index in [1.165, 1.54) is 0 Å². The van der Waals surface area contributed by atoms with Crippen molar-refractivity contribution in [2.24, 2.45) is 0 Å². The van der Waals surface area contributed by atoms with Crippen LogP contribution in [0.4, 0.5) is 0 Å². The number of halogens is 1. The minimum atomic E-state index is 0.629. The van der Waals surface area contributed by atoms with Gasteiger partial charge >= 0.3 is 0 Å². The third kappa shape index (κ3) is 3.98. The van der Waals surface area contributed by atoms with Crippen LogP contribution in [0.15, 0.2) is 22.8 Å². The average Bonchev–Trinajstić information content (AvgIpc) is 2.08. The first-order chi connectivity index (χ1) is 5.33. The summed E-state index contributed by atoms with van der Waals surface area (Å²) in [5, 5.41) is 0. The summed E-state index contributed by atoms with van der Waals surface area (Å²) in [4.78, 5) is 3.91. The third-order valence-electron chi connectivity index (χ3n) is 0.906. The monoisotopic (exact) mass is 217 g/mol. The zero-order chi connectivity index (χ0) is 8.69. The molecule has 0 amide bonds. The Hall–Kier alpha value is -0.570. The second-order valence-corrected chi connectivity index (χ2v) is 2.43. The second kappa shape index (κ2) is 6.16. The third-order valence-corrected chi connectivity index (χ3v) is 1.40. The predicted octanol–water partition coefficient (Wildman–Crippen LogP) is 2.88. The van der Waals surface area contributed by atoms with Gasteiger partial charge in [0.25, 0.3) is 0 Å². The van der Waals surface area contributed by atoms with Gasteiger partial charge in [0, 0.05) is 16.7 Å². The van der Waals surface area contributed by atoms with Crippen LogP contribution in [0.25, 0.3) is 0 Å². The highest BCUT2D eigenvalue weighted by Crippen LogP contribution is 2.13. The number of nitrogens with zero attached hydrogens (tertiary/aromatic N) is 1. The summed E-state index contributed by atoms with van der Waals surface area (Å²) in [6.07, 6.45) is 1.68. The molecule has 0 N–H and O–H groups in total. The van der Waals surface area contributed by atoms with Crippen molar-refractivity contribution in [1.82, 2.24) is 4.98 Å². The van der Waals surface area contributed by atoms with Crippen LogP contribution < -0.4 is 4.74 Å². The highest BCUT2D eigenvalue weighted by molar-refractivity contribution is 9.10. The molecule has 0 saturated heterocycles. The van der Waals surface area contributed by atoms with Gasteiger partial charge in [0.2, 0.25) is 5.88 Å². The molecule has 2 nitrogen and oxygen atoms in total. The first kappa shape index (κ1) is 10.4. The zero-order valence-corrected chi connectivity index (χ0v) is 8.55. The van der Waals surface area contributed by atoms with Gasteiger partial charge in [-0.15, -0.1) is 0 Å². The molecule has 1 aromatic rings. The van der Waals surface area contributed by atoms with E-state index in [1.807, 2.05) is 19.9 Å². The highest BCUT2D eigenvalue weighted by Gasteiger charge is 1.89. The summed E-state index contributed by atoms with van der Waals surface area (Å²) < 4.78 is 5.83. The first-order valence-corrected chi connectivity index (χ1v) is 4.28. The average molecular weight is 218 g/mol. The number of aromatic nitrogens is 1. The summed E-state index contributed by atoms with van der Waals surface area (Å²) in [6, 6.07) is 3.66. The number of hydrogen-bond donors (Lipinski definition) is 0. The molecule has 1 heterocycles. The van der Waals surface area contributed by atoms with Gasteiger partial charge in [0.05, 0.1) is 7.11 Å².